The van der Waals surface area contributed by atoms with Crippen molar-refractivity contribution < 1.29 is 19.3 Å². The van der Waals surface area contributed by atoms with Gasteiger partial charge in [0.15, 0.2) is 5.78 Å². The van der Waals surface area contributed by atoms with Crippen molar-refractivity contribution in [2.75, 3.05) is 16.8 Å². The molecule has 3 amide bonds. The van der Waals surface area contributed by atoms with Crippen LogP contribution in [0.2, 0.25) is 0 Å². The number of urea groups is 1. The molecule has 2 N–H and O–H groups in total. The van der Waals surface area contributed by atoms with Crippen molar-refractivity contribution in [2.24, 2.45) is 4.99 Å². The Hall–Kier alpha value is -5.64. The highest BCUT2D eigenvalue weighted by Crippen LogP contribution is 2.29. The number of benzene rings is 4. The standard InChI is InChI=1S/C31H25N5O5/c1-20-10-5-6-15-24(20)27(37)19-35-26-17-8-7-16-25(26)28(21-11-3-2-4-12-21)33-29(30(35)38)34-31(39)32-22-13-9-14-23(18-22)36(40)41/h2-18,29H,19H2,1H3,(H2,32,34,39). The highest BCUT2D eigenvalue weighted by molar-refractivity contribution is 6.21. The molecule has 0 saturated heterocycles. The second-order valence-corrected chi connectivity index (χ2v) is 9.33. The third kappa shape index (κ3) is 5.86. The molecule has 10 nitrogen and oxygen atoms in total. The number of carbonyl (C=O) groups excluding carboxylic acids is 3. The van der Waals surface area contributed by atoms with Gasteiger partial charge in [0.25, 0.3) is 11.6 Å². The first-order chi connectivity index (χ1) is 19.8. The van der Waals surface area contributed by atoms with Crippen molar-refractivity contribution in [2.45, 2.75) is 13.1 Å². The van der Waals surface area contributed by atoms with Gasteiger partial charge >= 0.3 is 6.03 Å². The Kier molecular flexibility index (Phi) is 7.64. The second-order valence-electron chi connectivity index (χ2n) is 9.33. The zero-order chi connectivity index (χ0) is 28.9. The Morgan fingerprint density at radius 3 is 2.39 bits per heavy atom. The predicted octanol–water partition coefficient (Wildman–Crippen LogP) is 5.12. The number of Topliss-reactive ketones (excluding diaryl/α,β-unsaturated/α-hetero) is 1. The molecule has 5 rings (SSSR count). The van der Waals surface area contributed by atoms with E-state index in [4.69, 9.17) is 0 Å². The van der Waals surface area contributed by atoms with Crippen molar-refractivity contribution in [3.63, 3.8) is 0 Å². The number of nitrogens with one attached hydrogen (secondary N) is 2. The molecule has 4 aromatic carbocycles. The molecule has 0 radical (unpaired) electrons. The summed E-state index contributed by atoms with van der Waals surface area (Å²) in [5.74, 6) is -0.881. The SMILES string of the molecule is Cc1ccccc1C(=O)CN1C(=O)C(NC(=O)Nc2cccc([N+](=O)[O-])c2)N=C(c2ccccc2)c2ccccc21. The third-order valence-electron chi connectivity index (χ3n) is 6.59. The minimum absolute atomic E-state index is 0.167. The number of hydrogen-bond acceptors (Lipinski definition) is 6. The van der Waals surface area contributed by atoms with Crippen LogP contribution in [0, 0.1) is 17.0 Å². The maximum Gasteiger partial charge on any atom is 0.321 e. The number of ketones is 1. The van der Waals surface area contributed by atoms with E-state index in [1.54, 1.807) is 24.3 Å². The maximum atomic E-state index is 14.0. The van der Waals surface area contributed by atoms with Crippen LogP contribution in [0.15, 0.2) is 108 Å². The number of hydrogen-bond donors (Lipinski definition) is 2. The number of nitro benzene ring substituents is 1. The van der Waals surface area contributed by atoms with Crippen LogP contribution in [0.25, 0.3) is 0 Å². The summed E-state index contributed by atoms with van der Waals surface area (Å²) in [6, 6.07) is 28.1. The molecule has 0 aromatic heterocycles. The van der Waals surface area contributed by atoms with Crippen LogP contribution in [0.3, 0.4) is 0 Å². The van der Waals surface area contributed by atoms with Gasteiger partial charge in [0.2, 0.25) is 6.17 Å². The summed E-state index contributed by atoms with van der Waals surface area (Å²) in [4.78, 5) is 57.0. The normalized spacial score (nSPS) is 14.4. The van der Waals surface area contributed by atoms with Crippen molar-refractivity contribution in [3.8, 4) is 0 Å². The second kappa shape index (κ2) is 11.6. The van der Waals surface area contributed by atoms with Crippen LogP contribution in [0.4, 0.5) is 21.9 Å². The smallest absolute Gasteiger partial charge is 0.308 e. The number of non-ortho nitro benzene ring substituents is 1. The van der Waals surface area contributed by atoms with E-state index in [9.17, 15) is 24.5 Å². The van der Waals surface area contributed by atoms with Crippen molar-refractivity contribution in [1.82, 2.24) is 5.32 Å². The average molecular weight is 548 g/mol. The lowest BCUT2D eigenvalue weighted by atomic mass is 9.99. The molecule has 4 aromatic rings. The lowest BCUT2D eigenvalue weighted by molar-refractivity contribution is -0.384. The van der Waals surface area contributed by atoms with Gasteiger partial charge < -0.3 is 15.5 Å². The Labute approximate surface area is 235 Å². The summed E-state index contributed by atoms with van der Waals surface area (Å²) < 4.78 is 0. The molecule has 0 spiro atoms. The summed E-state index contributed by atoms with van der Waals surface area (Å²) in [6.07, 6.45) is -1.40. The molecule has 10 heteroatoms. The number of fused-ring (bicyclic) bond motifs is 1. The molecular formula is C31H25N5O5. The van der Waals surface area contributed by atoms with Crippen LogP contribution in [-0.2, 0) is 4.79 Å². The lowest BCUT2D eigenvalue weighted by Gasteiger charge is -2.25. The van der Waals surface area contributed by atoms with Crippen LogP contribution < -0.4 is 15.5 Å². The number of amides is 3. The van der Waals surface area contributed by atoms with Gasteiger partial charge in [-0.1, -0.05) is 78.9 Å². The third-order valence-corrected chi connectivity index (χ3v) is 6.59. The first-order valence-corrected chi connectivity index (χ1v) is 12.8. The molecule has 1 heterocycles. The molecule has 0 bridgehead atoms. The summed E-state index contributed by atoms with van der Waals surface area (Å²) in [5, 5.41) is 16.3. The number of nitrogens with zero attached hydrogens (tertiary/aromatic N) is 3. The van der Waals surface area contributed by atoms with Gasteiger partial charge in [0, 0.05) is 34.5 Å². The Balaban J connectivity index is 1.53. The average Bonchev–Trinajstić information content (AvgIpc) is 3.08. The predicted molar refractivity (Wildman–Crippen MR) is 155 cm³/mol. The molecule has 1 atom stereocenters. The Morgan fingerprint density at radius 1 is 0.927 bits per heavy atom. The van der Waals surface area contributed by atoms with Gasteiger partial charge in [0.1, 0.15) is 0 Å². The zero-order valence-corrected chi connectivity index (χ0v) is 22.0. The number of rotatable bonds is 7. The Bertz CT molecular complexity index is 1690. The molecule has 1 aliphatic rings. The Morgan fingerprint density at radius 2 is 1.63 bits per heavy atom. The molecule has 0 aliphatic carbocycles. The number of anilines is 2. The molecular weight excluding hydrogens is 522 g/mol. The summed E-state index contributed by atoms with van der Waals surface area (Å²) in [5.41, 5.74) is 3.50. The van der Waals surface area contributed by atoms with Crippen LogP contribution in [0.5, 0.6) is 0 Å². The fourth-order valence-corrected chi connectivity index (χ4v) is 4.62. The number of para-hydroxylation sites is 1. The van der Waals surface area contributed by atoms with Crippen molar-refractivity contribution in [1.29, 1.82) is 0 Å². The van der Waals surface area contributed by atoms with Crippen molar-refractivity contribution >= 4 is 40.5 Å². The van der Waals surface area contributed by atoms with E-state index in [-0.39, 0.29) is 23.7 Å². The van der Waals surface area contributed by atoms with Gasteiger partial charge in [0.05, 0.1) is 22.9 Å². The molecule has 0 fully saturated rings. The molecule has 41 heavy (non-hydrogen) atoms. The highest BCUT2D eigenvalue weighted by Gasteiger charge is 2.34. The summed E-state index contributed by atoms with van der Waals surface area (Å²) in [6.45, 7) is 1.55. The summed E-state index contributed by atoms with van der Waals surface area (Å²) >= 11 is 0. The monoisotopic (exact) mass is 547 g/mol. The van der Waals surface area contributed by atoms with E-state index in [0.29, 0.717) is 28.1 Å². The van der Waals surface area contributed by atoms with E-state index in [2.05, 4.69) is 15.6 Å². The molecule has 0 saturated carbocycles. The number of aliphatic imine (C=N–C) groups is 1. The molecule has 1 unspecified atom stereocenters. The number of carbonyl (C=O) groups is 3. The van der Waals surface area contributed by atoms with Gasteiger partial charge in [-0.25, -0.2) is 9.79 Å². The molecule has 204 valence electrons. The van der Waals surface area contributed by atoms with Crippen LogP contribution in [-0.4, -0.2) is 41.1 Å². The summed E-state index contributed by atoms with van der Waals surface area (Å²) in [7, 11) is 0. The largest absolute Gasteiger partial charge is 0.321 e. The van der Waals surface area contributed by atoms with E-state index in [1.165, 1.54) is 29.2 Å². The lowest BCUT2D eigenvalue weighted by Crippen LogP contribution is -2.50. The van der Waals surface area contributed by atoms with Crippen molar-refractivity contribution in [3.05, 3.63) is 135 Å². The first kappa shape index (κ1) is 26.9. The maximum absolute atomic E-state index is 14.0. The van der Waals surface area contributed by atoms with Gasteiger partial charge in [-0.3, -0.25) is 19.7 Å². The molecule has 1 aliphatic heterocycles. The van der Waals surface area contributed by atoms with Crippen LogP contribution in [0.1, 0.15) is 27.0 Å². The zero-order valence-electron chi connectivity index (χ0n) is 22.0. The van der Waals surface area contributed by atoms with Gasteiger partial charge in [-0.2, -0.15) is 0 Å². The van der Waals surface area contributed by atoms with E-state index in [0.717, 1.165) is 5.56 Å². The fraction of sp³-hybridized carbons (Fsp3) is 0.0968. The van der Waals surface area contributed by atoms with E-state index < -0.39 is 23.0 Å². The van der Waals surface area contributed by atoms with Gasteiger partial charge in [-0.05, 0) is 24.6 Å². The number of benzodiazepines with no additional fused rings is 1. The highest BCUT2D eigenvalue weighted by atomic mass is 16.6. The minimum atomic E-state index is -1.40. The quantitative estimate of drug-likeness (QED) is 0.188. The van der Waals surface area contributed by atoms with Gasteiger partial charge in [-0.15, -0.1) is 0 Å². The number of aryl methyl sites for hydroxylation is 1. The number of nitro groups is 1. The van der Waals surface area contributed by atoms with E-state index >= 15 is 0 Å². The first-order valence-electron chi connectivity index (χ1n) is 12.8. The topological polar surface area (TPSA) is 134 Å². The fourth-order valence-electron chi connectivity index (χ4n) is 4.62. The van der Waals surface area contributed by atoms with E-state index in [1.807, 2.05) is 61.5 Å². The minimum Gasteiger partial charge on any atom is -0.308 e. The van der Waals surface area contributed by atoms with Crippen LogP contribution >= 0.6 is 0 Å².